The van der Waals surface area contributed by atoms with E-state index >= 15 is 0 Å². The number of nitrogens with two attached hydrogens (primary N) is 1. The summed E-state index contributed by atoms with van der Waals surface area (Å²) >= 11 is 0. The van der Waals surface area contributed by atoms with Crippen LogP contribution in [0.3, 0.4) is 0 Å². The van der Waals surface area contributed by atoms with E-state index in [9.17, 15) is 17.6 Å². The van der Waals surface area contributed by atoms with Crippen LogP contribution in [-0.4, -0.2) is 32.8 Å². The van der Waals surface area contributed by atoms with Crippen LogP contribution in [0.25, 0.3) is 0 Å². The molecule has 0 saturated heterocycles. The Morgan fingerprint density at radius 2 is 1.96 bits per heavy atom. The molecule has 0 aliphatic heterocycles. The molecule has 1 saturated carbocycles. The standard InChI is InChI=1S/C15H22FN3O3S/c16-13-4-1-11(2-5-13)7-8-18-15(20)19-14-6-3-12(9-14)10-23(17,21)22/h1-2,4-5,12,14H,3,6-10H2,(H2,17,21,22)(H2,18,19,20)/t12-,14+/m1/s1. The number of benzene rings is 1. The molecule has 1 fully saturated rings. The van der Waals surface area contributed by atoms with Gasteiger partial charge in [0.1, 0.15) is 5.82 Å². The minimum absolute atomic E-state index is 0.00881. The third-order valence-corrected chi connectivity index (χ3v) is 4.89. The first-order valence-electron chi connectivity index (χ1n) is 7.61. The zero-order valence-electron chi connectivity index (χ0n) is 12.8. The minimum atomic E-state index is -3.46. The Labute approximate surface area is 135 Å². The van der Waals surface area contributed by atoms with Crippen molar-refractivity contribution < 1.29 is 17.6 Å². The molecular weight excluding hydrogens is 321 g/mol. The van der Waals surface area contributed by atoms with E-state index in [1.807, 2.05) is 0 Å². The van der Waals surface area contributed by atoms with Gasteiger partial charge in [0, 0.05) is 12.6 Å². The summed E-state index contributed by atoms with van der Waals surface area (Å²) < 4.78 is 34.9. The molecule has 0 heterocycles. The lowest BCUT2D eigenvalue weighted by Crippen LogP contribution is -2.41. The first kappa shape index (κ1) is 17.7. The highest BCUT2D eigenvalue weighted by atomic mass is 32.2. The summed E-state index contributed by atoms with van der Waals surface area (Å²) in [6.07, 6.45) is 2.75. The number of rotatable bonds is 6. The number of hydrogen-bond acceptors (Lipinski definition) is 3. The van der Waals surface area contributed by atoms with Crippen molar-refractivity contribution in [2.75, 3.05) is 12.3 Å². The molecular formula is C15H22FN3O3S. The molecule has 2 atom stereocenters. The number of primary sulfonamides is 1. The van der Waals surface area contributed by atoms with Crippen LogP contribution < -0.4 is 15.8 Å². The van der Waals surface area contributed by atoms with Gasteiger partial charge in [-0.25, -0.2) is 22.7 Å². The lowest BCUT2D eigenvalue weighted by Gasteiger charge is -2.14. The van der Waals surface area contributed by atoms with Gasteiger partial charge < -0.3 is 10.6 Å². The molecule has 0 spiro atoms. The number of carbonyl (C=O) groups excluding carboxylic acids is 1. The fraction of sp³-hybridized carbons (Fsp3) is 0.533. The summed E-state index contributed by atoms with van der Waals surface area (Å²) in [7, 11) is -3.46. The van der Waals surface area contributed by atoms with Gasteiger partial charge in [0.25, 0.3) is 0 Å². The van der Waals surface area contributed by atoms with Crippen molar-refractivity contribution in [2.24, 2.45) is 11.1 Å². The molecule has 1 aromatic carbocycles. The number of hydrogen-bond donors (Lipinski definition) is 3. The monoisotopic (exact) mass is 343 g/mol. The number of halogens is 1. The van der Waals surface area contributed by atoms with Gasteiger partial charge in [-0.3, -0.25) is 0 Å². The molecule has 0 radical (unpaired) electrons. The highest BCUT2D eigenvalue weighted by molar-refractivity contribution is 7.89. The molecule has 1 aliphatic carbocycles. The van der Waals surface area contributed by atoms with Crippen molar-refractivity contribution in [3.63, 3.8) is 0 Å². The maximum Gasteiger partial charge on any atom is 0.315 e. The summed E-state index contributed by atoms with van der Waals surface area (Å²) in [5.74, 6) is -0.304. The van der Waals surface area contributed by atoms with Crippen molar-refractivity contribution in [1.29, 1.82) is 0 Å². The molecule has 6 nitrogen and oxygen atoms in total. The van der Waals surface area contributed by atoms with Gasteiger partial charge >= 0.3 is 6.03 Å². The van der Waals surface area contributed by atoms with Crippen LogP contribution in [0.2, 0.25) is 0 Å². The molecule has 4 N–H and O–H groups in total. The van der Waals surface area contributed by atoms with Gasteiger partial charge in [-0.1, -0.05) is 12.1 Å². The highest BCUT2D eigenvalue weighted by Crippen LogP contribution is 2.26. The SMILES string of the molecule is NS(=O)(=O)C[C@@H]1CC[C@H](NC(=O)NCCc2ccc(F)cc2)C1. The molecule has 2 amide bonds. The summed E-state index contributed by atoms with van der Waals surface area (Å²) in [5, 5.41) is 10.6. The third-order valence-electron chi connectivity index (χ3n) is 3.96. The zero-order chi connectivity index (χ0) is 16.9. The Bertz CT molecular complexity index is 634. The van der Waals surface area contributed by atoms with Crippen molar-refractivity contribution in [3.05, 3.63) is 35.6 Å². The van der Waals surface area contributed by atoms with Crippen LogP contribution in [0.1, 0.15) is 24.8 Å². The van der Waals surface area contributed by atoms with E-state index in [-0.39, 0.29) is 29.6 Å². The zero-order valence-corrected chi connectivity index (χ0v) is 13.6. The predicted molar refractivity (Wildman–Crippen MR) is 85.7 cm³/mol. The van der Waals surface area contributed by atoms with Gasteiger partial charge in [-0.2, -0.15) is 0 Å². The Morgan fingerprint density at radius 1 is 1.26 bits per heavy atom. The maximum absolute atomic E-state index is 12.8. The van der Waals surface area contributed by atoms with Gasteiger partial charge in [0.15, 0.2) is 0 Å². The largest absolute Gasteiger partial charge is 0.338 e. The van der Waals surface area contributed by atoms with E-state index in [0.717, 1.165) is 18.4 Å². The van der Waals surface area contributed by atoms with E-state index in [1.54, 1.807) is 12.1 Å². The number of amides is 2. The van der Waals surface area contributed by atoms with Crippen LogP contribution in [0.4, 0.5) is 9.18 Å². The quantitative estimate of drug-likeness (QED) is 0.721. The summed E-state index contributed by atoms with van der Waals surface area (Å²) in [4.78, 5) is 11.8. The first-order valence-corrected chi connectivity index (χ1v) is 9.32. The van der Waals surface area contributed by atoms with E-state index in [2.05, 4.69) is 10.6 Å². The van der Waals surface area contributed by atoms with Crippen molar-refractivity contribution in [2.45, 2.75) is 31.7 Å². The van der Waals surface area contributed by atoms with Gasteiger partial charge in [-0.05, 0) is 49.3 Å². The van der Waals surface area contributed by atoms with Crippen LogP contribution >= 0.6 is 0 Å². The van der Waals surface area contributed by atoms with Crippen LogP contribution in [-0.2, 0) is 16.4 Å². The molecule has 8 heteroatoms. The molecule has 128 valence electrons. The second kappa shape index (κ2) is 7.74. The third kappa shape index (κ3) is 6.54. The van der Waals surface area contributed by atoms with Crippen molar-refractivity contribution in [1.82, 2.24) is 10.6 Å². The number of urea groups is 1. The Hall–Kier alpha value is -1.67. The molecule has 1 aromatic rings. The summed E-state index contributed by atoms with van der Waals surface area (Å²) in [6.45, 7) is 0.449. The average Bonchev–Trinajstić information content (AvgIpc) is 2.86. The molecule has 1 aliphatic rings. The molecule has 0 bridgehead atoms. The highest BCUT2D eigenvalue weighted by Gasteiger charge is 2.28. The molecule has 0 unspecified atom stereocenters. The fourth-order valence-electron chi connectivity index (χ4n) is 2.89. The lowest BCUT2D eigenvalue weighted by molar-refractivity contribution is 0.237. The maximum atomic E-state index is 12.8. The molecule has 0 aromatic heterocycles. The number of sulfonamides is 1. The summed E-state index contributed by atoms with van der Waals surface area (Å²) in [6, 6.07) is 5.85. The van der Waals surface area contributed by atoms with Crippen LogP contribution in [0, 0.1) is 11.7 Å². The smallest absolute Gasteiger partial charge is 0.315 e. The fourth-order valence-corrected chi connectivity index (χ4v) is 3.85. The van der Waals surface area contributed by atoms with Crippen molar-refractivity contribution >= 4 is 16.1 Å². The van der Waals surface area contributed by atoms with E-state index in [1.165, 1.54) is 12.1 Å². The first-order chi connectivity index (χ1) is 10.8. The van der Waals surface area contributed by atoms with Crippen LogP contribution in [0.5, 0.6) is 0 Å². The molecule has 2 rings (SSSR count). The second-order valence-electron chi connectivity index (χ2n) is 5.98. The number of carbonyl (C=O) groups is 1. The number of nitrogens with one attached hydrogen (secondary N) is 2. The van der Waals surface area contributed by atoms with Crippen LogP contribution in [0.15, 0.2) is 24.3 Å². The Balaban J connectivity index is 1.66. The Kier molecular flexibility index (Phi) is 5.95. The van der Waals surface area contributed by atoms with Crippen molar-refractivity contribution in [3.8, 4) is 0 Å². The molecule has 23 heavy (non-hydrogen) atoms. The topological polar surface area (TPSA) is 101 Å². The van der Waals surface area contributed by atoms with Gasteiger partial charge in [0.05, 0.1) is 5.75 Å². The normalized spacial score (nSPS) is 21.1. The van der Waals surface area contributed by atoms with E-state index in [0.29, 0.717) is 19.4 Å². The predicted octanol–water partition coefficient (Wildman–Crippen LogP) is 1.12. The van der Waals surface area contributed by atoms with Gasteiger partial charge in [-0.15, -0.1) is 0 Å². The van der Waals surface area contributed by atoms with E-state index in [4.69, 9.17) is 5.14 Å². The Morgan fingerprint density at radius 3 is 2.61 bits per heavy atom. The van der Waals surface area contributed by atoms with E-state index < -0.39 is 10.0 Å². The second-order valence-corrected chi connectivity index (χ2v) is 7.64. The van der Waals surface area contributed by atoms with Gasteiger partial charge in [0.2, 0.25) is 10.0 Å². The minimum Gasteiger partial charge on any atom is -0.338 e. The summed E-state index contributed by atoms with van der Waals surface area (Å²) in [5.41, 5.74) is 0.945. The average molecular weight is 343 g/mol. The lowest BCUT2D eigenvalue weighted by atomic mass is 10.1.